The Morgan fingerprint density at radius 1 is 0.227 bits per heavy atom. The largest absolute Gasteiger partial charge is 4.00 e. The normalized spacial score (nSPS) is 11.9. The first-order valence-corrected chi connectivity index (χ1v) is 38.0. The van der Waals surface area contributed by atoms with Gasteiger partial charge in [-0.05, 0) is 159 Å². The maximum Gasteiger partial charge on any atom is 4.00 e. The van der Waals surface area contributed by atoms with Crippen LogP contribution in [0.15, 0.2) is 189 Å². The van der Waals surface area contributed by atoms with E-state index >= 15 is 0 Å². The van der Waals surface area contributed by atoms with Crippen molar-refractivity contribution in [3.05, 3.63) is 237 Å². The van der Waals surface area contributed by atoms with Gasteiger partial charge in [0.15, 0.2) is 0 Å². The molecule has 0 unspecified atom stereocenters. The van der Waals surface area contributed by atoms with Gasteiger partial charge in [-0.3, -0.25) is 0 Å². The van der Waals surface area contributed by atoms with E-state index < -0.39 is 0 Å². The Balaban J connectivity index is 0.000000465. The fourth-order valence-corrected chi connectivity index (χ4v) is 13.6. The van der Waals surface area contributed by atoms with Crippen molar-refractivity contribution in [1.82, 2.24) is 0 Å². The van der Waals surface area contributed by atoms with Crippen LogP contribution in [0.1, 0.15) is 233 Å². The molecule has 8 rings (SSSR count). The number of hydrogen-bond acceptors (Lipinski definition) is 8. The fraction of sp³-hybridized carbons (Fsp3) is 0.455. The van der Waals surface area contributed by atoms with Gasteiger partial charge in [0, 0.05) is 23.0 Å². The molecule has 8 aromatic rings. The molecule has 0 atom stereocenters. The van der Waals surface area contributed by atoms with E-state index in [1.165, 1.54) is 44.5 Å². The average molecular weight is 1550 g/mol. The first-order valence-electron chi connectivity index (χ1n) is 34.0. The predicted octanol–water partition coefficient (Wildman–Crippen LogP) is 23.8. The number of thioether (sulfide) groups is 4. The van der Waals surface area contributed by atoms with Gasteiger partial charge in [0.05, 0.1) is 0 Å². The van der Waals surface area contributed by atoms with Gasteiger partial charge in [-0.25, -0.2) is 0 Å². The Hall–Kier alpha value is -4.77. The SMILES string of the molecule is CC(C)(C)c1cc(SCCSc2cc(C(C)(C)C)cc(C(C)(C)C)c2[O-])c([O-])c(C(C)(C)C)c1.CC(C)(C)c1cc(SCCSc2cc(C(C)(C)C)cc(C(C)(C)C)c2[O-])c([O-])c(C(C)(C)C)c1.Cc1ccccc1.Cc1ccccc1.Cc1ccccc1.Cc1ccccc1.[Hf+4]. The van der Waals surface area contributed by atoms with E-state index in [1.54, 1.807) is 47.0 Å². The summed E-state index contributed by atoms with van der Waals surface area (Å²) in [7, 11) is 0. The molecule has 0 spiro atoms. The maximum absolute atomic E-state index is 13.2. The minimum Gasteiger partial charge on any atom is -0.871 e. The first-order chi connectivity index (χ1) is 44.0. The molecular formula is C88H120HfO4S4. The minimum absolute atomic E-state index is 0. The Labute approximate surface area is 627 Å². The zero-order chi connectivity index (χ0) is 73.0. The van der Waals surface area contributed by atoms with Gasteiger partial charge in [-0.15, -0.1) is 47.0 Å². The molecule has 97 heavy (non-hydrogen) atoms. The summed E-state index contributed by atoms with van der Waals surface area (Å²) in [6, 6.07) is 57.7. The van der Waals surface area contributed by atoms with Gasteiger partial charge >= 0.3 is 25.8 Å². The van der Waals surface area contributed by atoms with Crippen LogP contribution >= 0.6 is 47.0 Å². The maximum atomic E-state index is 13.2. The van der Waals surface area contributed by atoms with Crippen LogP contribution in [0.2, 0.25) is 0 Å². The van der Waals surface area contributed by atoms with Crippen molar-refractivity contribution in [2.24, 2.45) is 0 Å². The van der Waals surface area contributed by atoms with Crippen molar-refractivity contribution >= 4 is 47.0 Å². The molecule has 0 saturated heterocycles. The van der Waals surface area contributed by atoms with Gasteiger partial charge in [0.1, 0.15) is 0 Å². The van der Waals surface area contributed by atoms with Crippen LogP contribution < -0.4 is 20.4 Å². The Bertz CT molecular complexity index is 3140. The van der Waals surface area contributed by atoms with Crippen molar-refractivity contribution in [2.75, 3.05) is 23.0 Å². The third-order valence-electron chi connectivity index (χ3n) is 15.9. The molecule has 0 N–H and O–H groups in total. The molecular weight excluding hydrogens is 1430 g/mol. The summed E-state index contributed by atoms with van der Waals surface area (Å²) in [5, 5.41) is 53.0. The van der Waals surface area contributed by atoms with Gasteiger partial charge in [-0.2, -0.15) is 0 Å². The zero-order valence-corrected chi connectivity index (χ0v) is 71.6. The molecule has 0 heterocycles. The average Bonchev–Trinajstić information content (AvgIpc) is 0.812. The van der Waals surface area contributed by atoms with E-state index in [0.717, 1.165) is 64.8 Å². The van der Waals surface area contributed by atoms with E-state index in [2.05, 4.69) is 291 Å². The molecule has 0 aliphatic carbocycles. The second-order valence-electron chi connectivity index (χ2n) is 33.4. The van der Waals surface area contributed by atoms with Crippen molar-refractivity contribution in [3.8, 4) is 23.0 Å². The first kappa shape index (κ1) is 88.3. The van der Waals surface area contributed by atoms with Crippen LogP contribution in [0.4, 0.5) is 0 Å². The third kappa shape index (κ3) is 30.9. The zero-order valence-electron chi connectivity index (χ0n) is 64.8. The summed E-state index contributed by atoms with van der Waals surface area (Å²) in [6.07, 6.45) is 0. The van der Waals surface area contributed by atoms with Gasteiger partial charge in [0.2, 0.25) is 0 Å². The van der Waals surface area contributed by atoms with Crippen molar-refractivity contribution in [2.45, 2.75) is 257 Å². The van der Waals surface area contributed by atoms with Crippen molar-refractivity contribution in [1.29, 1.82) is 0 Å². The summed E-state index contributed by atoms with van der Waals surface area (Å²) in [6.45, 7) is 59.8. The van der Waals surface area contributed by atoms with E-state index in [4.69, 9.17) is 0 Å². The minimum atomic E-state index is -0.198. The van der Waals surface area contributed by atoms with E-state index in [1.807, 2.05) is 72.8 Å². The standard InChI is InChI=1S/2C30H46O2S2.4C7H8.Hf/c2*1-27(2,3)19-15-21(29(7,8)9)25(31)23(17-19)33-13-14-34-24-18-20(28(4,5)6)16-22(26(24)32)30(10,11)12;4*1-7-5-3-2-4-6-7;/h2*15-18,31-32H,13-14H2,1-12H3;4*2-6H,1H3;/q;;;;;;+4/p-4. The van der Waals surface area contributed by atoms with E-state index in [0.29, 0.717) is 0 Å². The number of hydrogen-bond donors (Lipinski definition) is 0. The Morgan fingerprint density at radius 3 is 0.474 bits per heavy atom. The predicted molar refractivity (Wildman–Crippen MR) is 421 cm³/mol. The Morgan fingerprint density at radius 2 is 0.371 bits per heavy atom. The fourth-order valence-electron chi connectivity index (χ4n) is 9.54. The second-order valence-corrected chi connectivity index (χ2v) is 38.0. The molecule has 4 nitrogen and oxygen atoms in total. The molecule has 524 valence electrons. The summed E-state index contributed by atoms with van der Waals surface area (Å²) in [5.74, 6) is 3.69. The smallest absolute Gasteiger partial charge is 0.871 e. The molecule has 0 saturated carbocycles. The van der Waals surface area contributed by atoms with Crippen LogP contribution in [-0.2, 0) is 69.2 Å². The number of aryl methyl sites for hydroxylation is 4. The van der Waals surface area contributed by atoms with Crippen LogP contribution in [0.3, 0.4) is 0 Å². The molecule has 0 radical (unpaired) electrons. The molecule has 9 heteroatoms. The van der Waals surface area contributed by atoms with Crippen LogP contribution in [-0.4, -0.2) is 23.0 Å². The van der Waals surface area contributed by atoms with Crippen molar-refractivity contribution < 1.29 is 46.3 Å². The monoisotopic (exact) mass is 1550 g/mol. The van der Waals surface area contributed by atoms with Gasteiger partial charge in [-0.1, -0.05) is 357 Å². The van der Waals surface area contributed by atoms with Gasteiger partial charge < -0.3 is 20.4 Å². The van der Waals surface area contributed by atoms with Crippen LogP contribution in [0, 0.1) is 27.7 Å². The summed E-state index contributed by atoms with van der Waals surface area (Å²) < 4.78 is 0. The summed E-state index contributed by atoms with van der Waals surface area (Å²) >= 11 is 6.47. The molecule has 0 bridgehead atoms. The Kier molecular flexibility index (Phi) is 34.9. The van der Waals surface area contributed by atoms with Crippen LogP contribution in [0.25, 0.3) is 0 Å². The summed E-state index contributed by atoms with van der Waals surface area (Å²) in [4.78, 5) is 3.27. The number of benzene rings is 8. The molecule has 0 aliphatic rings. The van der Waals surface area contributed by atoms with Gasteiger partial charge in [0.25, 0.3) is 0 Å². The molecule has 0 amide bonds. The van der Waals surface area contributed by atoms with Crippen LogP contribution in [0.5, 0.6) is 23.0 Å². The third-order valence-corrected chi connectivity index (χ3v) is 20.5. The second kappa shape index (κ2) is 38.3. The molecule has 0 fully saturated rings. The quantitative estimate of drug-likeness (QED) is 0.0760. The van der Waals surface area contributed by atoms with E-state index in [-0.39, 0.29) is 92.2 Å². The van der Waals surface area contributed by atoms with E-state index in [9.17, 15) is 20.4 Å². The molecule has 0 aliphatic heterocycles. The topological polar surface area (TPSA) is 92.2 Å². The number of rotatable bonds is 10. The molecule has 8 aromatic carbocycles. The molecule has 0 aromatic heterocycles. The van der Waals surface area contributed by atoms with Crippen molar-refractivity contribution in [3.63, 3.8) is 0 Å². The summed E-state index contributed by atoms with van der Waals surface area (Å²) in [5.41, 5.74) is 12.7.